The van der Waals surface area contributed by atoms with E-state index in [1.165, 1.54) is 45.7 Å². The molecule has 0 unspecified atom stereocenters. The third-order valence-corrected chi connectivity index (χ3v) is 7.38. The van der Waals surface area contributed by atoms with Crippen molar-refractivity contribution in [1.29, 1.82) is 0 Å². The normalized spacial score (nSPS) is 19.7. The standard InChI is InChI=1S/C26H28ClN3O/c1-26(2)16-30(24-15-18(7-8-21(24)26)29-10-12-31-13-11-29)25-19-4-3-5-22(19)28-23-9-6-17(27)14-20(23)25/h6-9,14-15H,3-5,10-13,16H2,1-2H3. The molecule has 31 heavy (non-hydrogen) atoms. The van der Waals surface area contributed by atoms with Gasteiger partial charge in [-0.3, -0.25) is 4.98 Å². The van der Waals surface area contributed by atoms with Gasteiger partial charge in [0, 0.05) is 52.5 Å². The van der Waals surface area contributed by atoms with E-state index in [1.807, 2.05) is 6.07 Å². The van der Waals surface area contributed by atoms with Gasteiger partial charge in [-0.25, -0.2) is 0 Å². The number of pyridine rings is 1. The zero-order valence-electron chi connectivity index (χ0n) is 18.2. The topological polar surface area (TPSA) is 28.6 Å². The first-order valence-corrected chi connectivity index (χ1v) is 11.7. The molecule has 0 bridgehead atoms. The summed E-state index contributed by atoms with van der Waals surface area (Å²) in [5.41, 5.74) is 9.17. The lowest BCUT2D eigenvalue weighted by Gasteiger charge is -2.30. The van der Waals surface area contributed by atoms with Crippen LogP contribution >= 0.6 is 11.6 Å². The fraction of sp³-hybridized carbons (Fsp3) is 0.423. The summed E-state index contributed by atoms with van der Waals surface area (Å²) in [6.45, 7) is 9.18. The maximum Gasteiger partial charge on any atom is 0.0727 e. The molecule has 0 radical (unpaired) electrons. The van der Waals surface area contributed by atoms with Crippen LogP contribution < -0.4 is 9.80 Å². The summed E-state index contributed by atoms with van der Waals surface area (Å²) in [4.78, 5) is 10.0. The van der Waals surface area contributed by atoms with Gasteiger partial charge in [0.25, 0.3) is 0 Å². The predicted octanol–water partition coefficient (Wildman–Crippen LogP) is 5.64. The van der Waals surface area contributed by atoms with Crippen LogP contribution in [0.5, 0.6) is 0 Å². The van der Waals surface area contributed by atoms with Crippen LogP contribution in [0.25, 0.3) is 10.9 Å². The molecule has 0 saturated carbocycles. The van der Waals surface area contributed by atoms with E-state index in [9.17, 15) is 0 Å². The van der Waals surface area contributed by atoms with Crippen molar-refractivity contribution in [1.82, 2.24) is 4.98 Å². The number of aryl methyl sites for hydroxylation is 1. The molecule has 5 heteroatoms. The lowest BCUT2D eigenvalue weighted by molar-refractivity contribution is 0.122. The van der Waals surface area contributed by atoms with Crippen molar-refractivity contribution in [3.05, 3.63) is 58.2 Å². The van der Waals surface area contributed by atoms with Crippen molar-refractivity contribution >= 4 is 39.6 Å². The molecule has 0 spiro atoms. The predicted molar refractivity (Wildman–Crippen MR) is 128 cm³/mol. The van der Waals surface area contributed by atoms with Crippen LogP contribution in [-0.2, 0) is 23.0 Å². The van der Waals surface area contributed by atoms with Crippen molar-refractivity contribution in [2.75, 3.05) is 42.6 Å². The Hall–Kier alpha value is -2.30. The Labute approximate surface area is 188 Å². The van der Waals surface area contributed by atoms with Crippen LogP contribution in [0.2, 0.25) is 5.02 Å². The molecule has 160 valence electrons. The minimum atomic E-state index is 0.0819. The van der Waals surface area contributed by atoms with E-state index < -0.39 is 0 Å². The number of hydrogen-bond donors (Lipinski definition) is 0. The second kappa shape index (κ2) is 7.11. The molecule has 2 aromatic carbocycles. The van der Waals surface area contributed by atoms with Crippen LogP contribution in [0.1, 0.15) is 37.1 Å². The molecule has 2 aliphatic heterocycles. The zero-order chi connectivity index (χ0) is 21.2. The molecule has 3 aromatic rings. The molecular formula is C26H28ClN3O. The SMILES string of the molecule is CC1(C)CN(c2c3c(nc4ccc(Cl)cc24)CCC3)c2cc(N3CCOCC3)ccc21. The van der Waals surface area contributed by atoms with Crippen molar-refractivity contribution in [2.24, 2.45) is 0 Å². The summed E-state index contributed by atoms with van der Waals surface area (Å²) in [7, 11) is 0. The second-order valence-electron chi connectivity index (χ2n) is 9.67. The van der Waals surface area contributed by atoms with Gasteiger partial charge in [0.1, 0.15) is 0 Å². The number of hydrogen-bond acceptors (Lipinski definition) is 4. The van der Waals surface area contributed by atoms with Crippen molar-refractivity contribution in [2.45, 2.75) is 38.5 Å². The minimum Gasteiger partial charge on any atom is -0.378 e. The molecule has 1 fully saturated rings. The molecule has 4 nitrogen and oxygen atoms in total. The van der Waals surface area contributed by atoms with Gasteiger partial charge < -0.3 is 14.5 Å². The molecule has 1 aliphatic carbocycles. The Bertz CT molecular complexity index is 1180. The summed E-state index contributed by atoms with van der Waals surface area (Å²) in [5, 5.41) is 1.95. The van der Waals surface area contributed by atoms with Gasteiger partial charge in [0.05, 0.1) is 24.4 Å². The number of nitrogens with zero attached hydrogens (tertiary/aromatic N) is 3. The van der Waals surface area contributed by atoms with E-state index in [-0.39, 0.29) is 5.41 Å². The number of morpholine rings is 1. The highest BCUT2D eigenvalue weighted by molar-refractivity contribution is 6.31. The van der Waals surface area contributed by atoms with Gasteiger partial charge in [-0.15, -0.1) is 0 Å². The molecular weight excluding hydrogens is 406 g/mol. The Morgan fingerprint density at radius 2 is 1.87 bits per heavy atom. The largest absolute Gasteiger partial charge is 0.378 e. The van der Waals surface area contributed by atoms with Crippen LogP contribution in [0.4, 0.5) is 17.1 Å². The monoisotopic (exact) mass is 433 g/mol. The molecule has 1 aromatic heterocycles. The highest BCUT2D eigenvalue weighted by Gasteiger charge is 2.38. The lowest BCUT2D eigenvalue weighted by Crippen LogP contribution is -2.36. The van der Waals surface area contributed by atoms with E-state index in [0.29, 0.717) is 0 Å². The molecule has 3 aliphatic rings. The van der Waals surface area contributed by atoms with E-state index in [2.05, 4.69) is 54.0 Å². The summed E-state index contributed by atoms with van der Waals surface area (Å²) < 4.78 is 5.58. The Balaban J connectivity index is 1.56. The van der Waals surface area contributed by atoms with Crippen molar-refractivity contribution < 1.29 is 4.74 Å². The summed E-state index contributed by atoms with van der Waals surface area (Å²) >= 11 is 6.47. The molecule has 6 rings (SSSR count). The van der Waals surface area contributed by atoms with E-state index in [4.69, 9.17) is 21.3 Å². The van der Waals surface area contributed by atoms with Crippen LogP contribution in [0.15, 0.2) is 36.4 Å². The maximum atomic E-state index is 6.47. The number of benzene rings is 2. The Morgan fingerprint density at radius 1 is 1.03 bits per heavy atom. The number of ether oxygens (including phenoxy) is 1. The molecule has 0 N–H and O–H groups in total. The van der Waals surface area contributed by atoms with Gasteiger partial charge >= 0.3 is 0 Å². The van der Waals surface area contributed by atoms with Gasteiger partial charge in [-0.2, -0.15) is 0 Å². The summed E-state index contributed by atoms with van der Waals surface area (Å²) in [5.74, 6) is 0. The van der Waals surface area contributed by atoms with E-state index in [1.54, 1.807) is 0 Å². The molecule has 0 atom stereocenters. The number of aromatic nitrogens is 1. The van der Waals surface area contributed by atoms with Crippen molar-refractivity contribution in [3.8, 4) is 0 Å². The lowest BCUT2D eigenvalue weighted by atomic mass is 9.87. The maximum absolute atomic E-state index is 6.47. The first-order chi connectivity index (χ1) is 15.0. The second-order valence-corrected chi connectivity index (χ2v) is 10.1. The van der Waals surface area contributed by atoms with E-state index >= 15 is 0 Å². The third kappa shape index (κ3) is 3.11. The Morgan fingerprint density at radius 3 is 2.71 bits per heavy atom. The highest BCUT2D eigenvalue weighted by Crippen LogP contribution is 2.49. The highest BCUT2D eigenvalue weighted by atomic mass is 35.5. The van der Waals surface area contributed by atoms with Crippen LogP contribution in [0.3, 0.4) is 0 Å². The fourth-order valence-corrected chi connectivity index (χ4v) is 5.79. The van der Waals surface area contributed by atoms with Gasteiger partial charge in [0.2, 0.25) is 0 Å². The average Bonchev–Trinajstić information content (AvgIpc) is 3.34. The van der Waals surface area contributed by atoms with Gasteiger partial charge in [0.15, 0.2) is 0 Å². The van der Waals surface area contributed by atoms with Gasteiger partial charge in [-0.05, 0) is 60.7 Å². The molecule has 1 saturated heterocycles. The van der Waals surface area contributed by atoms with E-state index in [0.717, 1.165) is 56.2 Å². The number of halogens is 1. The van der Waals surface area contributed by atoms with Crippen LogP contribution in [0, 0.1) is 0 Å². The quantitative estimate of drug-likeness (QED) is 0.522. The summed E-state index contributed by atoms with van der Waals surface area (Å²) in [6, 6.07) is 13.2. The van der Waals surface area contributed by atoms with Crippen LogP contribution in [-0.4, -0.2) is 37.8 Å². The third-order valence-electron chi connectivity index (χ3n) is 7.14. The zero-order valence-corrected chi connectivity index (χ0v) is 19.0. The molecule has 0 amide bonds. The Kier molecular flexibility index (Phi) is 4.45. The minimum absolute atomic E-state index is 0.0819. The van der Waals surface area contributed by atoms with Gasteiger partial charge in [-0.1, -0.05) is 31.5 Å². The smallest absolute Gasteiger partial charge is 0.0727 e. The first kappa shape index (κ1) is 19.4. The van der Waals surface area contributed by atoms with Crippen molar-refractivity contribution in [3.63, 3.8) is 0 Å². The molecule has 3 heterocycles. The number of anilines is 3. The average molecular weight is 434 g/mol. The number of fused-ring (bicyclic) bond motifs is 3. The number of rotatable bonds is 2. The fourth-order valence-electron chi connectivity index (χ4n) is 5.62. The summed E-state index contributed by atoms with van der Waals surface area (Å²) in [6.07, 6.45) is 3.34. The first-order valence-electron chi connectivity index (χ1n) is 11.4.